The van der Waals surface area contributed by atoms with E-state index in [1.807, 2.05) is 44.3 Å². The van der Waals surface area contributed by atoms with Gasteiger partial charge in [0.15, 0.2) is 0 Å². The molecule has 0 amide bonds. The second-order valence-electron chi connectivity index (χ2n) is 3.83. The van der Waals surface area contributed by atoms with Crippen LogP contribution in [0, 0.1) is 6.92 Å². The van der Waals surface area contributed by atoms with Gasteiger partial charge >= 0.3 is 0 Å². The van der Waals surface area contributed by atoms with Gasteiger partial charge < -0.3 is 5.32 Å². The number of aromatic nitrogens is 2. The highest BCUT2D eigenvalue weighted by Crippen LogP contribution is 2.18. The van der Waals surface area contributed by atoms with Crippen LogP contribution in [0.2, 0.25) is 5.02 Å². The van der Waals surface area contributed by atoms with Crippen LogP contribution in [0.25, 0.3) is 0 Å². The maximum absolute atomic E-state index is 6.12. The van der Waals surface area contributed by atoms with E-state index in [1.165, 1.54) is 0 Å². The highest BCUT2D eigenvalue weighted by atomic mass is 35.5. The van der Waals surface area contributed by atoms with Gasteiger partial charge in [-0.25, -0.2) is 9.97 Å². The average molecular weight is 248 g/mol. The topological polar surface area (TPSA) is 37.8 Å². The smallest absolute Gasteiger partial charge is 0.135 e. The molecule has 0 bridgehead atoms. The third-order valence-electron chi connectivity index (χ3n) is 2.46. The van der Waals surface area contributed by atoms with Crippen molar-refractivity contribution in [3.63, 3.8) is 0 Å². The van der Waals surface area contributed by atoms with Crippen molar-refractivity contribution in [2.45, 2.75) is 13.3 Å². The molecular weight excluding hydrogens is 234 g/mol. The zero-order chi connectivity index (χ0) is 12.3. The Labute approximate surface area is 106 Å². The van der Waals surface area contributed by atoms with Crippen molar-refractivity contribution < 1.29 is 0 Å². The van der Waals surface area contributed by atoms with Crippen molar-refractivity contribution in [1.29, 1.82) is 0 Å². The van der Waals surface area contributed by atoms with E-state index in [4.69, 9.17) is 11.6 Å². The number of rotatable bonds is 3. The first kappa shape index (κ1) is 11.9. The van der Waals surface area contributed by atoms with Gasteiger partial charge in [-0.3, -0.25) is 0 Å². The maximum Gasteiger partial charge on any atom is 0.135 e. The largest absolute Gasteiger partial charge is 0.373 e. The van der Waals surface area contributed by atoms with E-state index in [0.29, 0.717) is 6.42 Å². The Kier molecular flexibility index (Phi) is 3.59. The van der Waals surface area contributed by atoms with Crippen LogP contribution in [0.5, 0.6) is 0 Å². The average Bonchev–Trinajstić information content (AvgIpc) is 2.31. The zero-order valence-electron chi connectivity index (χ0n) is 9.87. The Balaban J connectivity index is 2.30. The summed E-state index contributed by atoms with van der Waals surface area (Å²) >= 11 is 6.12. The third-order valence-corrected chi connectivity index (χ3v) is 2.83. The molecule has 3 nitrogen and oxygen atoms in total. The monoisotopic (exact) mass is 247 g/mol. The molecule has 0 saturated carbocycles. The van der Waals surface area contributed by atoms with Crippen LogP contribution in [0.4, 0.5) is 5.82 Å². The van der Waals surface area contributed by atoms with Crippen LogP contribution >= 0.6 is 11.6 Å². The van der Waals surface area contributed by atoms with Crippen molar-refractivity contribution in [3.05, 3.63) is 52.4 Å². The second kappa shape index (κ2) is 5.15. The molecule has 17 heavy (non-hydrogen) atoms. The second-order valence-corrected chi connectivity index (χ2v) is 4.24. The summed E-state index contributed by atoms with van der Waals surface area (Å²) in [6.45, 7) is 1.96. The van der Waals surface area contributed by atoms with Gasteiger partial charge in [-0.1, -0.05) is 29.8 Å². The number of hydrogen-bond acceptors (Lipinski definition) is 3. The van der Waals surface area contributed by atoms with Crippen LogP contribution in [0.1, 0.15) is 17.1 Å². The van der Waals surface area contributed by atoms with Gasteiger partial charge in [-0.2, -0.15) is 0 Å². The Bertz CT molecular complexity index is 526. The molecule has 0 saturated heterocycles. The van der Waals surface area contributed by atoms with Gasteiger partial charge in [0.05, 0.1) is 0 Å². The number of benzene rings is 1. The SMILES string of the molecule is CNc1cc(C)nc(Cc2ccccc2Cl)n1. The van der Waals surface area contributed by atoms with Gasteiger partial charge in [-0.15, -0.1) is 0 Å². The number of nitrogens with one attached hydrogen (secondary N) is 1. The van der Waals surface area contributed by atoms with E-state index in [2.05, 4.69) is 15.3 Å². The van der Waals surface area contributed by atoms with Crippen LogP contribution in [0.3, 0.4) is 0 Å². The molecule has 2 rings (SSSR count). The molecular formula is C13H14ClN3. The lowest BCUT2D eigenvalue weighted by Crippen LogP contribution is -2.02. The first-order valence-electron chi connectivity index (χ1n) is 5.45. The van der Waals surface area contributed by atoms with Crippen molar-refractivity contribution in [2.24, 2.45) is 0 Å². The molecule has 0 fully saturated rings. The summed E-state index contributed by atoms with van der Waals surface area (Å²) in [5.74, 6) is 1.61. The number of nitrogens with zero attached hydrogens (tertiary/aromatic N) is 2. The minimum Gasteiger partial charge on any atom is -0.373 e. The zero-order valence-corrected chi connectivity index (χ0v) is 10.6. The molecule has 1 heterocycles. The van der Waals surface area contributed by atoms with Gasteiger partial charge in [0.2, 0.25) is 0 Å². The quantitative estimate of drug-likeness (QED) is 0.906. The third kappa shape index (κ3) is 2.94. The molecule has 1 aromatic heterocycles. The molecule has 0 aliphatic rings. The van der Waals surface area contributed by atoms with Crippen LogP contribution in [-0.4, -0.2) is 17.0 Å². The van der Waals surface area contributed by atoms with Crippen molar-refractivity contribution >= 4 is 17.4 Å². The Hall–Kier alpha value is -1.61. The van der Waals surface area contributed by atoms with E-state index in [-0.39, 0.29) is 0 Å². The number of anilines is 1. The minimum atomic E-state index is 0.649. The summed E-state index contributed by atoms with van der Waals surface area (Å²) in [4.78, 5) is 8.82. The number of halogens is 1. The normalized spacial score (nSPS) is 10.3. The molecule has 0 unspecified atom stereocenters. The molecule has 0 aliphatic heterocycles. The van der Waals surface area contributed by atoms with Crippen LogP contribution in [-0.2, 0) is 6.42 Å². The van der Waals surface area contributed by atoms with E-state index >= 15 is 0 Å². The fraction of sp³-hybridized carbons (Fsp3) is 0.231. The molecule has 0 aliphatic carbocycles. The predicted octanol–water partition coefficient (Wildman–Crippen LogP) is 3.07. The lowest BCUT2D eigenvalue weighted by molar-refractivity contribution is 0.944. The first-order chi connectivity index (χ1) is 8.19. The van der Waals surface area contributed by atoms with Crippen molar-refractivity contribution in [1.82, 2.24) is 9.97 Å². The molecule has 4 heteroatoms. The number of aryl methyl sites for hydroxylation is 1. The molecule has 0 radical (unpaired) electrons. The lowest BCUT2D eigenvalue weighted by Gasteiger charge is -2.06. The molecule has 0 spiro atoms. The van der Waals surface area contributed by atoms with E-state index in [0.717, 1.165) is 27.9 Å². The maximum atomic E-state index is 6.12. The van der Waals surface area contributed by atoms with Gasteiger partial charge in [0.1, 0.15) is 11.6 Å². The summed E-state index contributed by atoms with van der Waals surface area (Å²) in [7, 11) is 1.85. The summed E-state index contributed by atoms with van der Waals surface area (Å²) in [5, 5.41) is 3.78. The fourth-order valence-electron chi connectivity index (χ4n) is 1.65. The van der Waals surface area contributed by atoms with Crippen molar-refractivity contribution in [3.8, 4) is 0 Å². The highest BCUT2D eigenvalue weighted by Gasteiger charge is 2.05. The summed E-state index contributed by atoms with van der Waals surface area (Å²) in [5.41, 5.74) is 1.99. The van der Waals surface area contributed by atoms with E-state index < -0.39 is 0 Å². The standard InChI is InChI=1S/C13H14ClN3/c1-9-7-12(15-2)17-13(16-9)8-10-5-3-4-6-11(10)14/h3-7H,8H2,1-2H3,(H,15,16,17). The predicted molar refractivity (Wildman–Crippen MR) is 70.6 cm³/mol. The molecule has 2 aromatic rings. The summed E-state index contributed by atoms with van der Waals surface area (Å²) in [6.07, 6.45) is 0.649. The Morgan fingerprint density at radius 2 is 2.00 bits per heavy atom. The van der Waals surface area contributed by atoms with Crippen molar-refractivity contribution in [2.75, 3.05) is 12.4 Å². The van der Waals surface area contributed by atoms with Gasteiger partial charge in [0, 0.05) is 30.3 Å². The molecule has 88 valence electrons. The Morgan fingerprint density at radius 1 is 1.24 bits per heavy atom. The molecule has 1 aromatic carbocycles. The summed E-state index contributed by atoms with van der Waals surface area (Å²) < 4.78 is 0. The van der Waals surface area contributed by atoms with Crippen LogP contribution in [0.15, 0.2) is 30.3 Å². The number of hydrogen-bond donors (Lipinski definition) is 1. The highest BCUT2D eigenvalue weighted by molar-refractivity contribution is 6.31. The summed E-state index contributed by atoms with van der Waals surface area (Å²) in [6, 6.07) is 9.67. The molecule has 1 N–H and O–H groups in total. The Morgan fingerprint density at radius 3 is 2.71 bits per heavy atom. The van der Waals surface area contributed by atoms with Gasteiger partial charge in [0.25, 0.3) is 0 Å². The van der Waals surface area contributed by atoms with Crippen LogP contribution < -0.4 is 5.32 Å². The first-order valence-corrected chi connectivity index (χ1v) is 5.82. The van der Waals surface area contributed by atoms with Gasteiger partial charge in [-0.05, 0) is 18.6 Å². The van der Waals surface area contributed by atoms with E-state index in [9.17, 15) is 0 Å². The molecule has 0 atom stereocenters. The fourth-order valence-corrected chi connectivity index (χ4v) is 1.85. The lowest BCUT2D eigenvalue weighted by atomic mass is 10.1. The van der Waals surface area contributed by atoms with E-state index in [1.54, 1.807) is 0 Å². The minimum absolute atomic E-state index is 0.649.